The van der Waals surface area contributed by atoms with Crippen LogP contribution in [0.5, 0.6) is 5.75 Å². The molecule has 1 amide bonds. The molecule has 0 bridgehead atoms. The Morgan fingerprint density at radius 1 is 1.13 bits per heavy atom. The molecule has 0 aliphatic carbocycles. The van der Waals surface area contributed by atoms with Gasteiger partial charge in [0.15, 0.2) is 12.6 Å². The van der Waals surface area contributed by atoms with Crippen LogP contribution in [0.3, 0.4) is 0 Å². The van der Waals surface area contributed by atoms with Crippen molar-refractivity contribution >= 4 is 11.9 Å². The Labute approximate surface area is 175 Å². The lowest BCUT2D eigenvalue weighted by molar-refractivity contribution is -0.119. The summed E-state index contributed by atoms with van der Waals surface area (Å²) in [4.78, 5) is 15.1. The highest BCUT2D eigenvalue weighted by Crippen LogP contribution is 2.13. The first-order valence-electron chi connectivity index (χ1n) is 9.67. The summed E-state index contributed by atoms with van der Waals surface area (Å²) in [5.41, 5.74) is 8.39. The quantitative estimate of drug-likeness (QED) is 0.370. The molecule has 0 radical (unpaired) electrons. The third-order valence-electron chi connectivity index (χ3n) is 4.37. The van der Waals surface area contributed by atoms with E-state index in [1.165, 1.54) is 5.56 Å². The van der Waals surface area contributed by atoms with Crippen LogP contribution in [-0.4, -0.2) is 41.8 Å². The number of hydrogen-bond acceptors (Lipinski definition) is 4. The summed E-state index contributed by atoms with van der Waals surface area (Å²) in [5.74, 6) is 0.820. The molecular weight excluding hydrogens is 380 g/mol. The molecule has 1 heterocycles. The minimum absolute atomic E-state index is 0.136. The van der Waals surface area contributed by atoms with Gasteiger partial charge in [-0.3, -0.25) is 9.79 Å². The number of rotatable bonds is 9. The lowest BCUT2D eigenvalue weighted by Gasteiger charge is -2.13. The number of nitrogens with one attached hydrogen (secondary N) is 2. The summed E-state index contributed by atoms with van der Waals surface area (Å²) in [5, 5.41) is 10.8. The smallest absolute Gasteiger partial charge is 0.255 e. The molecule has 0 fully saturated rings. The number of nitrogens with zero attached hydrogens (tertiary/aromatic N) is 3. The Kier molecular flexibility index (Phi) is 7.43. The van der Waals surface area contributed by atoms with E-state index >= 15 is 0 Å². The summed E-state index contributed by atoms with van der Waals surface area (Å²) < 4.78 is 7.17. The third kappa shape index (κ3) is 6.37. The molecule has 0 atom stereocenters. The maximum atomic E-state index is 10.8. The van der Waals surface area contributed by atoms with Crippen molar-refractivity contribution in [2.24, 2.45) is 10.7 Å². The van der Waals surface area contributed by atoms with E-state index in [4.69, 9.17) is 10.5 Å². The zero-order valence-electron chi connectivity index (χ0n) is 16.9. The molecule has 3 rings (SSSR count). The first-order chi connectivity index (χ1) is 14.6. The number of benzene rings is 2. The Morgan fingerprint density at radius 2 is 1.97 bits per heavy atom. The van der Waals surface area contributed by atoms with Gasteiger partial charge in [-0.25, -0.2) is 4.68 Å². The number of amides is 1. The molecule has 0 saturated heterocycles. The highest BCUT2D eigenvalue weighted by molar-refractivity contribution is 5.79. The normalized spacial score (nSPS) is 11.2. The van der Waals surface area contributed by atoms with Gasteiger partial charge in [0.2, 0.25) is 0 Å². The molecule has 1 aromatic heterocycles. The molecule has 156 valence electrons. The van der Waals surface area contributed by atoms with Crippen molar-refractivity contribution in [1.29, 1.82) is 0 Å². The van der Waals surface area contributed by atoms with Gasteiger partial charge >= 0.3 is 0 Å². The number of guanidine groups is 1. The molecule has 30 heavy (non-hydrogen) atoms. The van der Waals surface area contributed by atoms with Crippen molar-refractivity contribution in [3.63, 3.8) is 0 Å². The number of primary amides is 1. The number of carbonyl (C=O) groups excluding carboxylic acids is 1. The lowest BCUT2D eigenvalue weighted by atomic mass is 10.1. The first kappa shape index (κ1) is 20.9. The molecule has 0 aliphatic heterocycles. The fourth-order valence-electron chi connectivity index (χ4n) is 2.87. The van der Waals surface area contributed by atoms with Gasteiger partial charge < -0.3 is 21.1 Å². The molecule has 4 N–H and O–H groups in total. The Morgan fingerprint density at radius 3 is 2.67 bits per heavy atom. The van der Waals surface area contributed by atoms with E-state index in [0.717, 1.165) is 24.2 Å². The maximum Gasteiger partial charge on any atom is 0.255 e. The van der Waals surface area contributed by atoms with Crippen molar-refractivity contribution in [2.75, 3.05) is 20.2 Å². The van der Waals surface area contributed by atoms with Crippen LogP contribution in [0.4, 0.5) is 0 Å². The molecule has 0 saturated carbocycles. The highest BCUT2D eigenvalue weighted by atomic mass is 16.5. The van der Waals surface area contributed by atoms with Crippen LogP contribution >= 0.6 is 0 Å². The van der Waals surface area contributed by atoms with E-state index in [1.807, 2.05) is 35.1 Å². The van der Waals surface area contributed by atoms with Crippen LogP contribution < -0.4 is 21.1 Å². The fraction of sp³-hybridized carbons (Fsp3) is 0.227. The Hall–Kier alpha value is -3.81. The number of nitrogens with two attached hydrogens (primary N) is 1. The Bertz CT molecular complexity index is 968. The molecular formula is C22H26N6O2. The average molecular weight is 406 g/mol. The van der Waals surface area contributed by atoms with Crippen LogP contribution in [0.1, 0.15) is 11.1 Å². The van der Waals surface area contributed by atoms with E-state index < -0.39 is 5.91 Å². The van der Waals surface area contributed by atoms with Crippen molar-refractivity contribution < 1.29 is 9.53 Å². The van der Waals surface area contributed by atoms with Crippen LogP contribution in [0, 0.1) is 0 Å². The molecule has 3 aromatic rings. The summed E-state index contributed by atoms with van der Waals surface area (Å²) >= 11 is 0. The van der Waals surface area contributed by atoms with Gasteiger partial charge in [-0.2, -0.15) is 5.10 Å². The summed E-state index contributed by atoms with van der Waals surface area (Å²) in [6, 6.07) is 17.7. The lowest BCUT2D eigenvalue weighted by Crippen LogP contribution is -2.37. The zero-order chi connectivity index (χ0) is 21.2. The minimum atomic E-state index is -0.501. The fourth-order valence-corrected chi connectivity index (χ4v) is 2.87. The zero-order valence-corrected chi connectivity index (χ0v) is 16.9. The minimum Gasteiger partial charge on any atom is -0.484 e. The van der Waals surface area contributed by atoms with Crippen LogP contribution in [0.15, 0.2) is 72.0 Å². The standard InChI is InChI=1S/C22H26N6O2/c1-24-22(26-15-18-4-2-5-20(14-18)30-16-21(23)29)25-12-10-17-6-8-19(9-7-17)28-13-3-11-27-28/h2-9,11,13-14H,10,12,15-16H2,1H3,(H2,23,29)(H2,24,25,26). The third-order valence-corrected chi connectivity index (χ3v) is 4.37. The van der Waals surface area contributed by atoms with Gasteiger partial charge in [0.1, 0.15) is 5.75 Å². The van der Waals surface area contributed by atoms with Crippen molar-refractivity contribution in [3.8, 4) is 11.4 Å². The van der Waals surface area contributed by atoms with Crippen LogP contribution in [0.25, 0.3) is 5.69 Å². The monoisotopic (exact) mass is 406 g/mol. The van der Waals surface area contributed by atoms with E-state index in [-0.39, 0.29) is 6.61 Å². The second-order valence-corrected chi connectivity index (χ2v) is 6.62. The van der Waals surface area contributed by atoms with E-state index in [9.17, 15) is 4.79 Å². The maximum absolute atomic E-state index is 10.8. The number of carbonyl (C=O) groups is 1. The van der Waals surface area contributed by atoms with Gasteiger partial charge in [-0.05, 0) is 47.9 Å². The topological polar surface area (TPSA) is 107 Å². The summed E-state index contributed by atoms with van der Waals surface area (Å²) in [6.07, 6.45) is 4.56. The molecule has 0 aliphatic rings. The second kappa shape index (κ2) is 10.7. The molecule has 8 heteroatoms. The van der Waals surface area contributed by atoms with Gasteiger partial charge in [-0.1, -0.05) is 24.3 Å². The molecule has 0 spiro atoms. The second-order valence-electron chi connectivity index (χ2n) is 6.62. The molecule has 0 unspecified atom stereocenters. The van der Waals surface area contributed by atoms with Crippen LogP contribution in [-0.2, 0) is 17.8 Å². The van der Waals surface area contributed by atoms with Gasteiger partial charge in [-0.15, -0.1) is 0 Å². The molecule has 2 aromatic carbocycles. The molecule has 8 nitrogen and oxygen atoms in total. The number of hydrogen-bond donors (Lipinski definition) is 3. The predicted molar refractivity (Wildman–Crippen MR) is 117 cm³/mol. The summed E-state index contributed by atoms with van der Waals surface area (Å²) in [7, 11) is 1.74. The SMILES string of the molecule is CN=C(NCCc1ccc(-n2cccn2)cc1)NCc1cccc(OCC(N)=O)c1. The van der Waals surface area contributed by atoms with E-state index in [2.05, 4.69) is 45.0 Å². The largest absolute Gasteiger partial charge is 0.484 e. The van der Waals surface area contributed by atoms with E-state index in [0.29, 0.717) is 18.3 Å². The van der Waals surface area contributed by atoms with Crippen molar-refractivity contribution in [3.05, 3.63) is 78.1 Å². The Balaban J connectivity index is 1.44. The van der Waals surface area contributed by atoms with Crippen molar-refractivity contribution in [2.45, 2.75) is 13.0 Å². The number of ether oxygens (including phenoxy) is 1. The summed E-state index contributed by atoms with van der Waals surface area (Å²) in [6.45, 7) is 1.19. The average Bonchev–Trinajstić information content (AvgIpc) is 3.30. The van der Waals surface area contributed by atoms with E-state index in [1.54, 1.807) is 19.3 Å². The predicted octanol–water partition coefficient (Wildman–Crippen LogP) is 1.64. The first-order valence-corrected chi connectivity index (χ1v) is 9.67. The van der Waals surface area contributed by atoms with Crippen molar-refractivity contribution in [1.82, 2.24) is 20.4 Å². The number of aliphatic imine (C=N–C) groups is 1. The van der Waals surface area contributed by atoms with Gasteiger partial charge in [0, 0.05) is 32.5 Å². The van der Waals surface area contributed by atoms with Gasteiger partial charge in [0.25, 0.3) is 5.91 Å². The van der Waals surface area contributed by atoms with Gasteiger partial charge in [0.05, 0.1) is 5.69 Å². The highest BCUT2D eigenvalue weighted by Gasteiger charge is 2.03. The van der Waals surface area contributed by atoms with Crippen LogP contribution in [0.2, 0.25) is 0 Å². The number of aromatic nitrogens is 2.